The van der Waals surface area contributed by atoms with Crippen molar-refractivity contribution in [1.82, 2.24) is 9.55 Å². The van der Waals surface area contributed by atoms with Gasteiger partial charge in [0.1, 0.15) is 6.20 Å². The summed E-state index contributed by atoms with van der Waals surface area (Å²) in [6, 6.07) is 6.16. The standard InChI is InChI=1S/C14H15N3O2/c1-10-4-5-12(11(2)8-10)6-7-13-15-9-14(16(13)3)17(18)19/h4-9H,1-3H3/b7-6+. The summed E-state index contributed by atoms with van der Waals surface area (Å²) in [6.45, 7) is 4.08. The molecule has 0 bridgehead atoms. The molecular weight excluding hydrogens is 242 g/mol. The van der Waals surface area contributed by atoms with Crippen LogP contribution in [0.2, 0.25) is 0 Å². The van der Waals surface area contributed by atoms with Crippen LogP contribution in [0.3, 0.4) is 0 Å². The third-order valence-corrected chi connectivity index (χ3v) is 3.02. The van der Waals surface area contributed by atoms with Crippen LogP contribution < -0.4 is 0 Å². The average Bonchev–Trinajstić information content (AvgIpc) is 2.70. The van der Waals surface area contributed by atoms with E-state index in [1.807, 2.05) is 32.1 Å². The molecule has 1 aromatic carbocycles. The summed E-state index contributed by atoms with van der Waals surface area (Å²) in [5.74, 6) is 0.548. The fraction of sp³-hybridized carbons (Fsp3) is 0.214. The number of benzene rings is 1. The van der Waals surface area contributed by atoms with Gasteiger partial charge in [-0.3, -0.25) is 0 Å². The summed E-state index contributed by atoms with van der Waals surface area (Å²) in [6.07, 6.45) is 4.97. The summed E-state index contributed by atoms with van der Waals surface area (Å²) in [5.41, 5.74) is 3.46. The summed E-state index contributed by atoms with van der Waals surface area (Å²) in [4.78, 5) is 14.3. The van der Waals surface area contributed by atoms with Crippen LogP contribution in [0, 0.1) is 24.0 Å². The molecule has 0 aliphatic heterocycles. The third kappa shape index (κ3) is 2.70. The van der Waals surface area contributed by atoms with Crippen LogP contribution in [-0.2, 0) is 7.05 Å². The molecule has 5 heteroatoms. The molecule has 1 aromatic heterocycles. The second kappa shape index (κ2) is 5.06. The molecule has 0 aliphatic rings. The molecule has 2 aromatic rings. The zero-order chi connectivity index (χ0) is 14.0. The first-order valence-electron chi connectivity index (χ1n) is 5.90. The zero-order valence-corrected chi connectivity index (χ0v) is 11.1. The van der Waals surface area contributed by atoms with Crippen molar-refractivity contribution in [3.63, 3.8) is 0 Å². The predicted octanol–water partition coefficient (Wildman–Crippen LogP) is 3.12. The average molecular weight is 257 g/mol. The van der Waals surface area contributed by atoms with E-state index in [4.69, 9.17) is 0 Å². The minimum atomic E-state index is -0.443. The monoisotopic (exact) mass is 257 g/mol. The number of aromatic nitrogens is 2. The lowest BCUT2D eigenvalue weighted by atomic mass is 10.1. The number of nitrogens with zero attached hydrogens (tertiary/aromatic N) is 3. The number of imidazole rings is 1. The van der Waals surface area contributed by atoms with Gasteiger partial charge in [0.2, 0.25) is 5.82 Å². The summed E-state index contributed by atoms with van der Waals surface area (Å²) >= 11 is 0. The van der Waals surface area contributed by atoms with Crippen molar-refractivity contribution in [3.05, 3.63) is 57.0 Å². The van der Waals surface area contributed by atoms with Crippen LogP contribution in [0.1, 0.15) is 22.5 Å². The van der Waals surface area contributed by atoms with E-state index in [1.165, 1.54) is 21.9 Å². The third-order valence-electron chi connectivity index (χ3n) is 3.02. The maximum Gasteiger partial charge on any atom is 0.342 e. The van der Waals surface area contributed by atoms with Gasteiger partial charge < -0.3 is 10.1 Å². The molecule has 2 rings (SSSR count). The number of nitro groups is 1. The number of rotatable bonds is 3. The lowest BCUT2D eigenvalue weighted by Gasteiger charge is -2.01. The minimum Gasteiger partial charge on any atom is -0.358 e. The smallest absolute Gasteiger partial charge is 0.342 e. The van der Waals surface area contributed by atoms with Crippen LogP contribution in [0.5, 0.6) is 0 Å². The quantitative estimate of drug-likeness (QED) is 0.627. The summed E-state index contributed by atoms with van der Waals surface area (Å²) in [7, 11) is 1.63. The molecule has 0 N–H and O–H groups in total. The molecule has 0 spiro atoms. The maximum atomic E-state index is 10.7. The Balaban J connectivity index is 2.30. The number of hydrogen-bond donors (Lipinski definition) is 0. The molecule has 0 unspecified atom stereocenters. The number of hydrogen-bond acceptors (Lipinski definition) is 3. The molecule has 5 nitrogen and oxygen atoms in total. The Labute approximate surface area is 111 Å². The molecule has 0 saturated carbocycles. The molecule has 19 heavy (non-hydrogen) atoms. The molecule has 0 saturated heterocycles. The first-order valence-corrected chi connectivity index (χ1v) is 5.90. The fourth-order valence-electron chi connectivity index (χ4n) is 1.92. The van der Waals surface area contributed by atoms with Crippen LogP contribution in [0.25, 0.3) is 12.2 Å². The summed E-state index contributed by atoms with van der Waals surface area (Å²) < 4.78 is 1.46. The molecule has 0 atom stereocenters. The normalized spacial score (nSPS) is 11.1. The highest BCUT2D eigenvalue weighted by Crippen LogP contribution is 2.16. The molecule has 98 valence electrons. The number of aryl methyl sites for hydroxylation is 2. The SMILES string of the molecule is Cc1ccc(/C=C/c2ncc([N+](=O)[O-])n2C)c(C)c1. The topological polar surface area (TPSA) is 61.0 Å². The lowest BCUT2D eigenvalue weighted by molar-refractivity contribution is -0.391. The second-order valence-electron chi connectivity index (χ2n) is 4.48. The largest absolute Gasteiger partial charge is 0.358 e. The van der Waals surface area contributed by atoms with Gasteiger partial charge >= 0.3 is 5.82 Å². The Morgan fingerprint density at radius 1 is 1.32 bits per heavy atom. The molecule has 0 fully saturated rings. The van der Waals surface area contributed by atoms with Crippen molar-refractivity contribution in [2.24, 2.45) is 7.05 Å². The van der Waals surface area contributed by atoms with Gasteiger partial charge in [0.05, 0.1) is 7.05 Å². The Morgan fingerprint density at radius 2 is 2.05 bits per heavy atom. The van der Waals surface area contributed by atoms with Gasteiger partial charge in [-0.25, -0.2) is 9.55 Å². The molecule has 0 amide bonds. The highest BCUT2D eigenvalue weighted by molar-refractivity contribution is 5.69. The Hall–Kier alpha value is -2.43. The minimum absolute atomic E-state index is 0.0136. The Bertz CT molecular complexity index is 657. The van der Waals surface area contributed by atoms with Gasteiger partial charge in [-0.1, -0.05) is 23.8 Å². The van der Waals surface area contributed by atoms with Gasteiger partial charge in [0, 0.05) is 6.08 Å². The molecule has 1 heterocycles. The van der Waals surface area contributed by atoms with Crippen LogP contribution in [0.4, 0.5) is 5.82 Å². The van der Waals surface area contributed by atoms with E-state index in [0.29, 0.717) is 5.82 Å². The zero-order valence-electron chi connectivity index (χ0n) is 11.1. The summed E-state index contributed by atoms with van der Waals surface area (Å²) in [5, 5.41) is 10.7. The van der Waals surface area contributed by atoms with Crippen LogP contribution in [0.15, 0.2) is 24.4 Å². The first kappa shape index (κ1) is 13.0. The van der Waals surface area contributed by atoms with Crippen molar-refractivity contribution < 1.29 is 4.92 Å². The van der Waals surface area contributed by atoms with E-state index < -0.39 is 4.92 Å². The van der Waals surface area contributed by atoms with Crippen molar-refractivity contribution >= 4 is 18.0 Å². The fourth-order valence-corrected chi connectivity index (χ4v) is 1.92. The van der Waals surface area contributed by atoms with Crippen molar-refractivity contribution in [2.45, 2.75) is 13.8 Å². The molecular formula is C14H15N3O2. The van der Waals surface area contributed by atoms with Crippen molar-refractivity contribution in [3.8, 4) is 0 Å². The molecule has 0 aliphatic carbocycles. The van der Waals surface area contributed by atoms with Gasteiger partial charge in [-0.15, -0.1) is 0 Å². The van der Waals surface area contributed by atoms with Crippen molar-refractivity contribution in [2.75, 3.05) is 0 Å². The maximum absolute atomic E-state index is 10.7. The Kier molecular flexibility index (Phi) is 3.46. The lowest BCUT2D eigenvalue weighted by Crippen LogP contribution is -1.98. The van der Waals surface area contributed by atoms with E-state index in [-0.39, 0.29) is 5.82 Å². The van der Waals surface area contributed by atoms with E-state index in [0.717, 1.165) is 5.56 Å². The predicted molar refractivity (Wildman–Crippen MR) is 74.7 cm³/mol. The van der Waals surface area contributed by atoms with Crippen molar-refractivity contribution in [1.29, 1.82) is 0 Å². The van der Waals surface area contributed by atoms with E-state index >= 15 is 0 Å². The highest BCUT2D eigenvalue weighted by atomic mass is 16.6. The molecule has 0 radical (unpaired) electrons. The van der Waals surface area contributed by atoms with Gasteiger partial charge in [-0.05, 0) is 36.0 Å². The van der Waals surface area contributed by atoms with E-state index in [9.17, 15) is 10.1 Å². The van der Waals surface area contributed by atoms with E-state index in [2.05, 4.69) is 11.1 Å². The van der Waals surface area contributed by atoms with Gasteiger partial charge in [0.25, 0.3) is 0 Å². The van der Waals surface area contributed by atoms with Crippen LogP contribution >= 0.6 is 0 Å². The first-order chi connectivity index (χ1) is 8.99. The van der Waals surface area contributed by atoms with Gasteiger partial charge in [0.15, 0.2) is 0 Å². The van der Waals surface area contributed by atoms with E-state index in [1.54, 1.807) is 13.1 Å². The van der Waals surface area contributed by atoms with Gasteiger partial charge in [-0.2, -0.15) is 0 Å². The van der Waals surface area contributed by atoms with Crippen LogP contribution in [-0.4, -0.2) is 14.5 Å². The second-order valence-corrected chi connectivity index (χ2v) is 4.48. The highest BCUT2D eigenvalue weighted by Gasteiger charge is 2.13. The Morgan fingerprint density at radius 3 is 2.63 bits per heavy atom.